The van der Waals surface area contributed by atoms with E-state index in [-0.39, 0.29) is 0 Å². The van der Waals surface area contributed by atoms with Crippen molar-refractivity contribution >= 4 is 22.5 Å². The van der Waals surface area contributed by atoms with Crippen LogP contribution in [0.1, 0.15) is 35.6 Å². The van der Waals surface area contributed by atoms with Crippen LogP contribution in [0.4, 0.5) is 11.6 Å². The Bertz CT molecular complexity index is 1180. The Kier molecular flexibility index (Phi) is 5.54. The van der Waals surface area contributed by atoms with Crippen molar-refractivity contribution < 1.29 is 0 Å². The summed E-state index contributed by atoms with van der Waals surface area (Å²) in [6.45, 7) is 5.14. The maximum Gasteiger partial charge on any atom is 0.150 e. The summed E-state index contributed by atoms with van der Waals surface area (Å²) in [6, 6.07) is 14.7. The summed E-state index contributed by atoms with van der Waals surface area (Å²) in [5.41, 5.74) is 4.55. The van der Waals surface area contributed by atoms with Gasteiger partial charge in [-0.3, -0.25) is 14.9 Å². The number of rotatable bonds is 5. The summed E-state index contributed by atoms with van der Waals surface area (Å²) in [7, 11) is 0. The van der Waals surface area contributed by atoms with E-state index in [1.54, 1.807) is 12.4 Å². The fourth-order valence-corrected chi connectivity index (χ4v) is 4.24. The number of aromatic nitrogens is 4. The van der Waals surface area contributed by atoms with E-state index in [4.69, 9.17) is 4.98 Å². The van der Waals surface area contributed by atoms with Crippen molar-refractivity contribution in [3.63, 3.8) is 0 Å². The van der Waals surface area contributed by atoms with Gasteiger partial charge in [-0.05, 0) is 68.2 Å². The standard InChI is InChI=1S/C25H26N6/c1-18-4-2-11-28-25(18)30-24-16-26-15-23(29-24)20-8-12-31(13-9-20)17-19-6-7-22-21(14-19)5-3-10-27-22/h2-7,10-11,14-16,20H,8-9,12-13,17H2,1H3,(H,28,29,30). The molecule has 0 radical (unpaired) electrons. The van der Waals surface area contributed by atoms with Crippen LogP contribution in [-0.2, 0) is 6.54 Å². The van der Waals surface area contributed by atoms with E-state index in [9.17, 15) is 0 Å². The number of hydrogen-bond acceptors (Lipinski definition) is 6. The first-order valence-electron chi connectivity index (χ1n) is 10.8. The molecule has 6 heteroatoms. The summed E-state index contributed by atoms with van der Waals surface area (Å²) in [6.07, 6.45) is 9.49. The number of hydrogen-bond donors (Lipinski definition) is 1. The van der Waals surface area contributed by atoms with Crippen molar-refractivity contribution in [3.05, 3.63) is 84.1 Å². The monoisotopic (exact) mass is 410 g/mol. The molecule has 1 N–H and O–H groups in total. The molecular formula is C25H26N6. The molecule has 156 valence electrons. The van der Waals surface area contributed by atoms with Crippen LogP contribution in [0.25, 0.3) is 10.9 Å². The molecule has 6 nitrogen and oxygen atoms in total. The largest absolute Gasteiger partial charge is 0.323 e. The van der Waals surface area contributed by atoms with Gasteiger partial charge in [-0.15, -0.1) is 0 Å². The van der Waals surface area contributed by atoms with Gasteiger partial charge >= 0.3 is 0 Å². The van der Waals surface area contributed by atoms with E-state index >= 15 is 0 Å². The number of benzene rings is 1. The minimum absolute atomic E-state index is 0.441. The molecular weight excluding hydrogens is 384 g/mol. The maximum absolute atomic E-state index is 4.84. The second-order valence-electron chi connectivity index (χ2n) is 8.20. The first-order valence-corrected chi connectivity index (χ1v) is 10.8. The Morgan fingerprint density at radius 1 is 1.00 bits per heavy atom. The molecule has 5 rings (SSSR count). The van der Waals surface area contributed by atoms with Gasteiger partial charge in [0, 0.05) is 36.4 Å². The van der Waals surface area contributed by atoms with Gasteiger partial charge in [0.25, 0.3) is 0 Å². The van der Waals surface area contributed by atoms with Gasteiger partial charge in [-0.1, -0.05) is 18.2 Å². The third-order valence-electron chi connectivity index (χ3n) is 5.99. The van der Waals surface area contributed by atoms with Crippen LogP contribution in [0.15, 0.2) is 67.3 Å². The predicted molar refractivity (Wildman–Crippen MR) is 123 cm³/mol. The lowest BCUT2D eigenvalue weighted by Gasteiger charge is -2.31. The number of anilines is 2. The van der Waals surface area contributed by atoms with Gasteiger partial charge < -0.3 is 5.32 Å². The molecule has 1 aliphatic rings. The zero-order chi connectivity index (χ0) is 21.0. The van der Waals surface area contributed by atoms with Crippen LogP contribution in [0.3, 0.4) is 0 Å². The van der Waals surface area contributed by atoms with Crippen LogP contribution in [-0.4, -0.2) is 37.9 Å². The molecule has 0 saturated carbocycles. The van der Waals surface area contributed by atoms with Gasteiger partial charge in [0.1, 0.15) is 11.6 Å². The highest BCUT2D eigenvalue weighted by molar-refractivity contribution is 5.78. The number of piperidine rings is 1. The van der Waals surface area contributed by atoms with Gasteiger partial charge in [0.2, 0.25) is 0 Å². The molecule has 0 amide bonds. The molecule has 1 aliphatic heterocycles. The third-order valence-corrected chi connectivity index (χ3v) is 5.99. The van der Waals surface area contributed by atoms with E-state index in [1.165, 1.54) is 10.9 Å². The highest BCUT2D eigenvalue weighted by atomic mass is 15.1. The van der Waals surface area contributed by atoms with Crippen LogP contribution < -0.4 is 5.32 Å². The molecule has 31 heavy (non-hydrogen) atoms. The van der Waals surface area contributed by atoms with Crippen LogP contribution >= 0.6 is 0 Å². The van der Waals surface area contributed by atoms with E-state index in [0.717, 1.165) is 60.9 Å². The first-order chi connectivity index (χ1) is 15.2. The van der Waals surface area contributed by atoms with E-state index in [1.807, 2.05) is 37.5 Å². The van der Waals surface area contributed by atoms with E-state index in [0.29, 0.717) is 5.92 Å². The lowest BCUT2D eigenvalue weighted by atomic mass is 9.93. The number of likely N-dealkylation sites (tertiary alicyclic amines) is 1. The summed E-state index contributed by atoms with van der Waals surface area (Å²) in [5, 5.41) is 4.51. The van der Waals surface area contributed by atoms with Crippen molar-refractivity contribution in [1.82, 2.24) is 24.8 Å². The molecule has 1 fully saturated rings. The van der Waals surface area contributed by atoms with Crippen molar-refractivity contribution in [3.8, 4) is 0 Å². The lowest BCUT2D eigenvalue weighted by Crippen LogP contribution is -2.32. The average Bonchev–Trinajstić information content (AvgIpc) is 2.81. The summed E-state index contributed by atoms with van der Waals surface area (Å²) in [5.74, 6) is 2.02. The Balaban J connectivity index is 1.21. The lowest BCUT2D eigenvalue weighted by molar-refractivity contribution is 0.203. The zero-order valence-electron chi connectivity index (χ0n) is 17.7. The summed E-state index contributed by atoms with van der Waals surface area (Å²) < 4.78 is 0. The van der Waals surface area contributed by atoms with Crippen molar-refractivity contribution in [2.75, 3.05) is 18.4 Å². The van der Waals surface area contributed by atoms with Crippen LogP contribution in [0.5, 0.6) is 0 Å². The molecule has 0 unspecified atom stereocenters. The zero-order valence-corrected chi connectivity index (χ0v) is 17.7. The molecule has 0 bridgehead atoms. The fraction of sp³-hybridized carbons (Fsp3) is 0.280. The Hall–Kier alpha value is -3.38. The molecule has 0 aliphatic carbocycles. The van der Waals surface area contributed by atoms with Gasteiger partial charge in [-0.2, -0.15) is 0 Å². The minimum atomic E-state index is 0.441. The third kappa shape index (κ3) is 4.54. The average molecular weight is 411 g/mol. The number of nitrogens with one attached hydrogen (secondary N) is 1. The normalized spacial score (nSPS) is 15.3. The van der Waals surface area contributed by atoms with Crippen molar-refractivity contribution in [2.24, 2.45) is 0 Å². The minimum Gasteiger partial charge on any atom is -0.323 e. The summed E-state index contributed by atoms with van der Waals surface area (Å²) >= 11 is 0. The van der Waals surface area contributed by atoms with Crippen molar-refractivity contribution in [2.45, 2.75) is 32.2 Å². The van der Waals surface area contributed by atoms with E-state index < -0.39 is 0 Å². The highest BCUT2D eigenvalue weighted by Gasteiger charge is 2.22. The van der Waals surface area contributed by atoms with Crippen LogP contribution in [0, 0.1) is 6.92 Å². The van der Waals surface area contributed by atoms with Gasteiger partial charge in [0.15, 0.2) is 0 Å². The molecule has 4 aromatic rings. The second kappa shape index (κ2) is 8.78. The predicted octanol–water partition coefficient (Wildman–Crippen LogP) is 4.85. The number of fused-ring (bicyclic) bond motifs is 1. The number of pyridine rings is 2. The fourth-order valence-electron chi connectivity index (χ4n) is 4.24. The van der Waals surface area contributed by atoms with Gasteiger partial charge in [-0.25, -0.2) is 9.97 Å². The SMILES string of the molecule is Cc1cccnc1Nc1cncc(C2CCN(Cc3ccc4ncccc4c3)CC2)n1. The Morgan fingerprint density at radius 3 is 2.71 bits per heavy atom. The quantitative estimate of drug-likeness (QED) is 0.507. The molecule has 1 saturated heterocycles. The number of nitrogens with zero attached hydrogens (tertiary/aromatic N) is 5. The van der Waals surface area contributed by atoms with E-state index in [2.05, 4.69) is 49.4 Å². The molecule has 4 heterocycles. The first kappa shape index (κ1) is 19.6. The molecule has 1 aromatic carbocycles. The topological polar surface area (TPSA) is 66.8 Å². The Labute approximate surface area is 182 Å². The van der Waals surface area contributed by atoms with Gasteiger partial charge in [0.05, 0.1) is 17.4 Å². The second-order valence-corrected chi connectivity index (χ2v) is 8.20. The molecule has 3 aromatic heterocycles. The smallest absolute Gasteiger partial charge is 0.150 e. The highest BCUT2D eigenvalue weighted by Crippen LogP contribution is 2.28. The van der Waals surface area contributed by atoms with Crippen LogP contribution in [0.2, 0.25) is 0 Å². The molecule has 0 spiro atoms. The maximum atomic E-state index is 4.84. The van der Waals surface area contributed by atoms with Crippen molar-refractivity contribution in [1.29, 1.82) is 0 Å². The Morgan fingerprint density at radius 2 is 1.84 bits per heavy atom. The number of aryl methyl sites for hydroxylation is 1. The summed E-state index contributed by atoms with van der Waals surface area (Å²) in [4.78, 5) is 20.6. The molecule has 0 atom stereocenters.